The highest BCUT2D eigenvalue weighted by molar-refractivity contribution is 7.16. The number of nitro groups is 1. The number of carbonyl (C=O) groups excluding carboxylic acids is 1. The lowest BCUT2D eigenvalue weighted by molar-refractivity contribution is -0.384. The SMILES string of the molecule is C#CCn1c(=NC(=O)c2ccc(OCC)cc2)sc2cc([N+](=O)[O-])ccc21. The zero-order valence-electron chi connectivity index (χ0n) is 14.4. The van der Waals surface area contributed by atoms with Gasteiger partial charge in [-0.15, -0.1) is 6.42 Å². The Morgan fingerprint density at radius 1 is 1.33 bits per heavy atom. The summed E-state index contributed by atoms with van der Waals surface area (Å²) < 4.78 is 7.69. The van der Waals surface area contributed by atoms with Crippen molar-refractivity contribution in [1.29, 1.82) is 0 Å². The molecule has 0 saturated carbocycles. The van der Waals surface area contributed by atoms with Crippen LogP contribution in [0.15, 0.2) is 47.5 Å². The fourth-order valence-electron chi connectivity index (χ4n) is 2.52. The number of benzene rings is 2. The highest BCUT2D eigenvalue weighted by atomic mass is 32.1. The van der Waals surface area contributed by atoms with Gasteiger partial charge in [-0.25, -0.2) is 0 Å². The first-order valence-electron chi connectivity index (χ1n) is 8.06. The molecule has 0 aliphatic carbocycles. The molecule has 0 N–H and O–H groups in total. The lowest BCUT2D eigenvalue weighted by Crippen LogP contribution is -2.16. The standard InChI is InChI=1S/C19H15N3O4S/c1-3-11-21-16-10-7-14(22(24)25)12-17(16)27-19(21)20-18(23)13-5-8-15(9-6-13)26-4-2/h1,5-10,12H,4,11H2,2H3. The molecule has 0 bridgehead atoms. The molecular formula is C19H15N3O4S. The summed E-state index contributed by atoms with van der Waals surface area (Å²) in [6, 6.07) is 11.2. The maximum atomic E-state index is 12.5. The van der Waals surface area contributed by atoms with Gasteiger partial charge in [-0.3, -0.25) is 14.9 Å². The number of carbonyl (C=O) groups is 1. The minimum Gasteiger partial charge on any atom is -0.494 e. The van der Waals surface area contributed by atoms with Crippen LogP contribution >= 0.6 is 11.3 Å². The summed E-state index contributed by atoms with van der Waals surface area (Å²) in [5, 5.41) is 11.0. The molecule has 0 saturated heterocycles. The molecule has 0 radical (unpaired) electrons. The van der Waals surface area contributed by atoms with Crippen LogP contribution in [0.5, 0.6) is 5.75 Å². The topological polar surface area (TPSA) is 86.7 Å². The first-order valence-corrected chi connectivity index (χ1v) is 8.88. The summed E-state index contributed by atoms with van der Waals surface area (Å²) >= 11 is 1.18. The van der Waals surface area contributed by atoms with Crippen molar-refractivity contribution in [3.05, 3.63) is 62.9 Å². The molecule has 7 nitrogen and oxygen atoms in total. The van der Waals surface area contributed by atoms with Crippen LogP contribution in [0, 0.1) is 22.5 Å². The van der Waals surface area contributed by atoms with E-state index in [2.05, 4.69) is 10.9 Å². The van der Waals surface area contributed by atoms with Crippen molar-refractivity contribution in [2.24, 2.45) is 4.99 Å². The third kappa shape index (κ3) is 3.88. The summed E-state index contributed by atoms with van der Waals surface area (Å²) in [5.41, 5.74) is 1.08. The average molecular weight is 381 g/mol. The zero-order chi connectivity index (χ0) is 19.4. The Labute approximate surface area is 158 Å². The van der Waals surface area contributed by atoms with Crippen molar-refractivity contribution < 1.29 is 14.5 Å². The van der Waals surface area contributed by atoms with E-state index in [-0.39, 0.29) is 12.2 Å². The van der Waals surface area contributed by atoms with Crippen LogP contribution in [-0.4, -0.2) is 22.0 Å². The smallest absolute Gasteiger partial charge is 0.279 e. The van der Waals surface area contributed by atoms with Gasteiger partial charge in [0.1, 0.15) is 5.75 Å². The number of nitro benzene ring substituents is 1. The van der Waals surface area contributed by atoms with Crippen molar-refractivity contribution >= 4 is 33.1 Å². The van der Waals surface area contributed by atoms with Gasteiger partial charge < -0.3 is 9.30 Å². The minimum absolute atomic E-state index is 0.0269. The lowest BCUT2D eigenvalue weighted by Gasteiger charge is -2.02. The summed E-state index contributed by atoms with van der Waals surface area (Å²) in [6.07, 6.45) is 5.43. The summed E-state index contributed by atoms with van der Waals surface area (Å²) in [7, 11) is 0. The number of thiazole rings is 1. The molecule has 8 heteroatoms. The molecule has 1 aromatic heterocycles. The first kappa shape index (κ1) is 18.4. The molecule has 0 aliphatic heterocycles. The molecule has 0 spiro atoms. The van der Waals surface area contributed by atoms with Crippen LogP contribution in [0.1, 0.15) is 17.3 Å². The Bertz CT molecular complexity index is 1120. The molecule has 27 heavy (non-hydrogen) atoms. The van der Waals surface area contributed by atoms with E-state index in [0.717, 1.165) is 0 Å². The molecule has 136 valence electrons. The summed E-state index contributed by atoms with van der Waals surface area (Å²) in [5.74, 6) is 2.77. The van der Waals surface area contributed by atoms with Gasteiger partial charge in [-0.2, -0.15) is 4.99 Å². The van der Waals surface area contributed by atoms with Gasteiger partial charge in [0, 0.05) is 17.7 Å². The van der Waals surface area contributed by atoms with Gasteiger partial charge >= 0.3 is 0 Å². The van der Waals surface area contributed by atoms with Crippen LogP contribution in [0.2, 0.25) is 0 Å². The van der Waals surface area contributed by atoms with Crippen LogP contribution in [0.4, 0.5) is 5.69 Å². The number of aromatic nitrogens is 1. The Morgan fingerprint density at radius 2 is 2.07 bits per heavy atom. The molecule has 0 aliphatic rings. The van der Waals surface area contributed by atoms with Crippen molar-refractivity contribution in [2.45, 2.75) is 13.5 Å². The van der Waals surface area contributed by atoms with Crippen LogP contribution in [-0.2, 0) is 6.54 Å². The molecule has 3 rings (SSSR count). The largest absolute Gasteiger partial charge is 0.494 e. The molecule has 3 aromatic rings. The maximum Gasteiger partial charge on any atom is 0.279 e. The number of terminal acetylenes is 1. The van der Waals surface area contributed by atoms with E-state index in [1.54, 1.807) is 34.9 Å². The highest BCUT2D eigenvalue weighted by Crippen LogP contribution is 2.23. The maximum absolute atomic E-state index is 12.5. The van der Waals surface area contributed by atoms with Gasteiger partial charge in [0.15, 0.2) is 4.80 Å². The lowest BCUT2D eigenvalue weighted by atomic mass is 10.2. The monoisotopic (exact) mass is 381 g/mol. The predicted molar refractivity (Wildman–Crippen MR) is 103 cm³/mol. The third-order valence-corrected chi connectivity index (χ3v) is 4.78. The average Bonchev–Trinajstić information content (AvgIpc) is 2.99. The van der Waals surface area contributed by atoms with E-state index >= 15 is 0 Å². The number of amides is 1. The molecular weight excluding hydrogens is 366 g/mol. The van der Waals surface area contributed by atoms with Crippen molar-refractivity contribution in [3.8, 4) is 18.1 Å². The Hall–Kier alpha value is -3.44. The van der Waals surface area contributed by atoms with E-state index in [1.807, 2.05) is 6.92 Å². The predicted octanol–water partition coefficient (Wildman–Crippen LogP) is 3.38. The molecule has 0 fully saturated rings. The van der Waals surface area contributed by atoms with Crippen molar-refractivity contribution in [2.75, 3.05) is 6.61 Å². The van der Waals surface area contributed by atoms with E-state index in [4.69, 9.17) is 11.2 Å². The Balaban J connectivity index is 2.05. The number of ether oxygens (including phenoxy) is 1. The van der Waals surface area contributed by atoms with Gasteiger partial charge in [-0.1, -0.05) is 17.3 Å². The first-order chi connectivity index (χ1) is 13.0. The van der Waals surface area contributed by atoms with Gasteiger partial charge in [-0.05, 0) is 37.3 Å². The second-order valence-electron chi connectivity index (χ2n) is 5.46. The van der Waals surface area contributed by atoms with Crippen LogP contribution in [0.3, 0.4) is 0 Å². The number of hydrogen-bond donors (Lipinski definition) is 0. The van der Waals surface area contributed by atoms with Gasteiger partial charge in [0.05, 0.1) is 28.3 Å². The number of rotatable bonds is 5. The van der Waals surface area contributed by atoms with Crippen molar-refractivity contribution in [3.63, 3.8) is 0 Å². The number of hydrogen-bond acceptors (Lipinski definition) is 5. The van der Waals surface area contributed by atoms with E-state index in [0.29, 0.717) is 32.9 Å². The fourth-order valence-corrected chi connectivity index (χ4v) is 3.58. The zero-order valence-corrected chi connectivity index (χ0v) is 15.2. The second kappa shape index (κ2) is 7.85. The van der Waals surface area contributed by atoms with Crippen LogP contribution < -0.4 is 9.54 Å². The van der Waals surface area contributed by atoms with E-state index < -0.39 is 10.8 Å². The molecule has 2 aromatic carbocycles. The van der Waals surface area contributed by atoms with Crippen LogP contribution in [0.25, 0.3) is 10.2 Å². The molecule has 1 amide bonds. The molecule has 0 unspecified atom stereocenters. The van der Waals surface area contributed by atoms with E-state index in [9.17, 15) is 14.9 Å². The second-order valence-corrected chi connectivity index (χ2v) is 6.47. The van der Waals surface area contributed by atoms with Gasteiger partial charge in [0.25, 0.3) is 11.6 Å². The number of fused-ring (bicyclic) bond motifs is 1. The summed E-state index contributed by atoms with van der Waals surface area (Å²) in [6.45, 7) is 2.62. The Morgan fingerprint density at radius 3 is 2.70 bits per heavy atom. The fraction of sp³-hybridized carbons (Fsp3) is 0.158. The number of non-ortho nitro benzene ring substituents is 1. The normalized spacial score (nSPS) is 11.3. The molecule has 0 atom stereocenters. The van der Waals surface area contributed by atoms with E-state index in [1.165, 1.54) is 23.5 Å². The Kier molecular flexibility index (Phi) is 5.33. The number of nitrogens with zero attached hydrogens (tertiary/aromatic N) is 3. The third-order valence-electron chi connectivity index (χ3n) is 3.74. The van der Waals surface area contributed by atoms with Crippen molar-refractivity contribution in [1.82, 2.24) is 4.57 Å². The quantitative estimate of drug-likeness (QED) is 0.385. The van der Waals surface area contributed by atoms with Gasteiger partial charge in [0.2, 0.25) is 0 Å². The summed E-state index contributed by atoms with van der Waals surface area (Å²) in [4.78, 5) is 27.6. The highest BCUT2D eigenvalue weighted by Gasteiger charge is 2.13. The molecule has 1 heterocycles. The minimum atomic E-state index is -0.466.